The molecule has 230 valence electrons. The lowest BCUT2D eigenvalue weighted by Crippen LogP contribution is -2.28. The zero-order chi connectivity index (χ0) is 32.4. The van der Waals surface area contributed by atoms with Crippen LogP contribution in [-0.2, 0) is 5.41 Å². The molecule has 0 bridgehead atoms. The SMILES string of the molecule is COc1ccc(C(=O)Nc2ccc(C3(c4ccc(NC(=O)c5ccc(OC)cc5)cc4)c4ccccc4-c4ccccc43)cc2)cc1. The van der Waals surface area contributed by atoms with Gasteiger partial charge in [-0.2, -0.15) is 0 Å². The summed E-state index contributed by atoms with van der Waals surface area (Å²) in [6, 6.07) is 47.2. The fourth-order valence-corrected chi connectivity index (χ4v) is 6.52. The van der Waals surface area contributed by atoms with Crippen molar-refractivity contribution in [3.8, 4) is 22.6 Å². The molecule has 2 amide bonds. The fourth-order valence-electron chi connectivity index (χ4n) is 6.52. The highest BCUT2D eigenvalue weighted by molar-refractivity contribution is 6.05. The molecule has 6 aromatic rings. The van der Waals surface area contributed by atoms with Crippen LogP contribution in [0.4, 0.5) is 11.4 Å². The molecule has 47 heavy (non-hydrogen) atoms. The predicted molar refractivity (Wildman–Crippen MR) is 186 cm³/mol. The van der Waals surface area contributed by atoms with Gasteiger partial charge in [0.1, 0.15) is 11.5 Å². The summed E-state index contributed by atoms with van der Waals surface area (Å²) >= 11 is 0. The standard InChI is InChI=1S/C41H32N2O4/c1-46-33-23-11-27(12-24-33)39(44)42-31-19-15-29(16-20-31)41(37-9-5-3-7-35(37)36-8-4-6-10-38(36)41)30-17-21-32(22-18-30)43-40(45)28-13-25-34(47-2)26-14-28/h3-26H,1-2H3,(H,42,44)(H,43,45). The number of hydrogen-bond acceptors (Lipinski definition) is 4. The number of amides is 2. The maximum absolute atomic E-state index is 13.0. The molecule has 0 radical (unpaired) electrons. The highest BCUT2D eigenvalue weighted by Crippen LogP contribution is 2.56. The third-order valence-corrected chi connectivity index (χ3v) is 8.81. The maximum Gasteiger partial charge on any atom is 0.255 e. The van der Waals surface area contributed by atoms with Crippen molar-refractivity contribution < 1.29 is 19.1 Å². The van der Waals surface area contributed by atoms with Crippen molar-refractivity contribution >= 4 is 23.2 Å². The lowest BCUT2D eigenvalue weighted by Gasteiger charge is -2.34. The van der Waals surface area contributed by atoms with Gasteiger partial charge in [0.2, 0.25) is 0 Å². The van der Waals surface area contributed by atoms with Gasteiger partial charge in [-0.1, -0.05) is 72.8 Å². The molecule has 6 heteroatoms. The van der Waals surface area contributed by atoms with E-state index in [0.717, 1.165) is 11.1 Å². The van der Waals surface area contributed by atoms with Crippen molar-refractivity contribution in [2.75, 3.05) is 24.9 Å². The number of nitrogens with one attached hydrogen (secondary N) is 2. The highest BCUT2D eigenvalue weighted by Gasteiger charge is 2.45. The number of rotatable bonds is 8. The molecule has 1 aliphatic rings. The molecule has 7 rings (SSSR count). The summed E-state index contributed by atoms with van der Waals surface area (Å²) in [7, 11) is 3.20. The van der Waals surface area contributed by atoms with E-state index < -0.39 is 5.41 Å². The molecule has 0 aromatic heterocycles. The molecule has 6 aromatic carbocycles. The van der Waals surface area contributed by atoms with E-state index in [1.54, 1.807) is 62.8 Å². The third kappa shape index (κ3) is 5.30. The minimum Gasteiger partial charge on any atom is -0.497 e. The number of carbonyl (C=O) groups excluding carboxylic acids is 2. The molecule has 0 saturated heterocycles. The molecule has 0 unspecified atom stereocenters. The molecule has 0 spiro atoms. The quantitative estimate of drug-likeness (QED) is 0.179. The van der Waals surface area contributed by atoms with Gasteiger partial charge in [-0.15, -0.1) is 0 Å². The average molecular weight is 617 g/mol. The van der Waals surface area contributed by atoms with E-state index in [9.17, 15) is 9.59 Å². The fraction of sp³-hybridized carbons (Fsp3) is 0.0732. The maximum atomic E-state index is 13.0. The lowest BCUT2D eigenvalue weighted by molar-refractivity contribution is 0.101. The number of carbonyl (C=O) groups is 2. The molecule has 1 aliphatic carbocycles. The average Bonchev–Trinajstić information content (AvgIpc) is 3.43. The number of anilines is 2. The number of hydrogen-bond donors (Lipinski definition) is 2. The first kappa shape index (κ1) is 29.6. The Bertz CT molecular complexity index is 1920. The van der Waals surface area contributed by atoms with Crippen molar-refractivity contribution in [1.82, 2.24) is 0 Å². The molecule has 0 fully saturated rings. The minimum atomic E-state index is -0.621. The van der Waals surface area contributed by atoms with Crippen molar-refractivity contribution in [2.45, 2.75) is 5.41 Å². The molecular weight excluding hydrogens is 584 g/mol. The summed E-state index contributed by atoms with van der Waals surface area (Å²) in [6.07, 6.45) is 0. The van der Waals surface area contributed by atoms with Crippen LogP contribution in [0.3, 0.4) is 0 Å². The molecule has 0 saturated carbocycles. The van der Waals surface area contributed by atoms with Crippen molar-refractivity contribution in [2.24, 2.45) is 0 Å². The summed E-state index contributed by atoms with van der Waals surface area (Å²) < 4.78 is 10.4. The van der Waals surface area contributed by atoms with Crippen LogP contribution in [0, 0.1) is 0 Å². The molecular formula is C41H32N2O4. The van der Waals surface area contributed by atoms with Gasteiger partial charge in [0.05, 0.1) is 19.6 Å². The third-order valence-electron chi connectivity index (χ3n) is 8.81. The summed E-state index contributed by atoms with van der Waals surface area (Å²) in [6.45, 7) is 0. The second kappa shape index (κ2) is 12.3. The van der Waals surface area contributed by atoms with Crippen LogP contribution in [0.15, 0.2) is 146 Å². The molecule has 0 atom stereocenters. The summed E-state index contributed by atoms with van der Waals surface area (Å²) in [5, 5.41) is 6.05. The molecule has 6 nitrogen and oxygen atoms in total. The predicted octanol–water partition coefficient (Wildman–Crippen LogP) is 8.57. The molecule has 0 aliphatic heterocycles. The first-order valence-corrected chi connectivity index (χ1v) is 15.3. The Labute approximate surface area is 273 Å². The number of methoxy groups -OCH3 is 2. The van der Waals surface area contributed by atoms with E-state index in [1.807, 2.05) is 24.3 Å². The van der Waals surface area contributed by atoms with E-state index in [2.05, 4.69) is 83.4 Å². The van der Waals surface area contributed by atoms with Gasteiger partial charge in [-0.05, 0) is 106 Å². The highest BCUT2D eigenvalue weighted by atomic mass is 16.5. The van der Waals surface area contributed by atoms with Gasteiger partial charge in [0.15, 0.2) is 0 Å². The second-order valence-electron chi connectivity index (χ2n) is 11.4. The van der Waals surface area contributed by atoms with Crippen molar-refractivity contribution in [3.63, 3.8) is 0 Å². The first-order chi connectivity index (χ1) is 23.0. The van der Waals surface area contributed by atoms with Crippen molar-refractivity contribution in [1.29, 1.82) is 0 Å². The monoisotopic (exact) mass is 616 g/mol. The molecule has 2 N–H and O–H groups in total. The number of fused-ring (bicyclic) bond motifs is 3. The van der Waals surface area contributed by atoms with Crippen LogP contribution in [0.25, 0.3) is 11.1 Å². The van der Waals surface area contributed by atoms with Crippen LogP contribution < -0.4 is 20.1 Å². The summed E-state index contributed by atoms with van der Waals surface area (Å²) in [4.78, 5) is 26.0. The van der Waals surface area contributed by atoms with Gasteiger partial charge >= 0.3 is 0 Å². The van der Waals surface area contributed by atoms with Gasteiger partial charge in [0, 0.05) is 22.5 Å². The van der Waals surface area contributed by atoms with Crippen LogP contribution in [0.2, 0.25) is 0 Å². The van der Waals surface area contributed by atoms with E-state index >= 15 is 0 Å². The molecule has 0 heterocycles. The van der Waals surface area contributed by atoms with Crippen LogP contribution >= 0.6 is 0 Å². The van der Waals surface area contributed by atoms with Gasteiger partial charge in [0.25, 0.3) is 11.8 Å². The van der Waals surface area contributed by atoms with E-state index in [4.69, 9.17) is 9.47 Å². The van der Waals surface area contributed by atoms with Gasteiger partial charge < -0.3 is 20.1 Å². The zero-order valence-electron chi connectivity index (χ0n) is 26.0. The Kier molecular flexibility index (Phi) is 7.76. The topological polar surface area (TPSA) is 76.7 Å². The minimum absolute atomic E-state index is 0.195. The van der Waals surface area contributed by atoms with Crippen LogP contribution in [0.5, 0.6) is 11.5 Å². The van der Waals surface area contributed by atoms with E-state index in [-0.39, 0.29) is 11.8 Å². The Morgan fingerprint density at radius 2 is 0.830 bits per heavy atom. The first-order valence-electron chi connectivity index (χ1n) is 15.3. The van der Waals surface area contributed by atoms with Crippen molar-refractivity contribution in [3.05, 3.63) is 179 Å². The Morgan fingerprint density at radius 3 is 1.19 bits per heavy atom. The zero-order valence-corrected chi connectivity index (χ0v) is 26.0. The van der Waals surface area contributed by atoms with E-state index in [1.165, 1.54) is 22.3 Å². The van der Waals surface area contributed by atoms with Crippen LogP contribution in [-0.4, -0.2) is 26.0 Å². The Balaban J connectivity index is 1.25. The number of benzene rings is 6. The van der Waals surface area contributed by atoms with Gasteiger partial charge in [-0.3, -0.25) is 9.59 Å². The van der Waals surface area contributed by atoms with Gasteiger partial charge in [-0.25, -0.2) is 0 Å². The normalized spacial score (nSPS) is 12.4. The largest absolute Gasteiger partial charge is 0.497 e. The summed E-state index contributed by atoms with van der Waals surface area (Å²) in [5.74, 6) is 1.000. The van der Waals surface area contributed by atoms with E-state index in [0.29, 0.717) is 34.0 Å². The smallest absolute Gasteiger partial charge is 0.255 e. The Morgan fingerprint density at radius 1 is 0.468 bits per heavy atom. The Hall–Kier alpha value is -6.14. The van der Waals surface area contributed by atoms with Crippen LogP contribution in [0.1, 0.15) is 43.0 Å². The second-order valence-corrected chi connectivity index (χ2v) is 11.4. The lowest BCUT2D eigenvalue weighted by atomic mass is 9.67. The number of ether oxygens (including phenoxy) is 2. The summed E-state index contributed by atoms with van der Waals surface area (Å²) in [5.41, 5.74) is 8.69.